The zero-order valence-electron chi connectivity index (χ0n) is 23.0. The minimum Gasteiger partial charge on any atom is -0.486 e. The number of methoxy groups -OCH3 is 1. The summed E-state index contributed by atoms with van der Waals surface area (Å²) >= 11 is 0. The summed E-state index contributed by atoms with van der Waals surface area (Å²) < 4.78 is 41.9. The van der Waals surface area contributed by atoms with Gasteiger partial charge in [-0.15, -0.1) is 0 Å². The first-order valence-corrected chi connectivity index (χ1v) is 13.7. The van der Waals surface area contributed by atoms with Gasteiger partial charge in [0.1, 0.15) is 12.4 Å². The van der Waals surface area contributed by atoms with Crippen molar-refractivity contribution >= 4 is 22.4 Å². The molecule has 0 radical (unpaired) electrons. The molecule has 0 saturated carbocycles. The van der Waals surface area contributed by atoms with E-state index in [4.69, 9.17) is 15.2 Å². The van der Waals surface area contributed by atoms with Crippen LogP contribution in [-0.4, -0.2) is 52.3 Å². The molecule has 9 nitrogen and oxygen atoms in total. The summed E-state index contributed by atoms with van der Waals surface area (Å²) in [6.45, 7) is 4.57. The van der Waals surface area contributed by atoms with Gasteiger partial charge in [0.25, 0.3) is 0 Å². The molecule has 2 atom stereocenters. The Kier molecular flexibility index (Phi) is 7.21. The van der Waals surface area contributed by atoms with Crippen LogP contribution in [0.3, 0.4) is 0 Å². The van der Waals surface area contributed by atoms with Crippen molar-refractivity contribution in [3.05, 3.63) is 81.9 Å². The zero-order valence-corrected chi connectivity index (χ0v) is 23.0. The number of piperidine rings is 1. The van der Waals surface area contributed by atoms with Crippen molar-refractivity contribution in [2.24, 2.45) is 0 Å². The fourth-order valence-corrected chi connectivity index (χ4v) is 5.86. The quantitative estimate of drug-likeness (QED) is 0.356. The number of halogens is 2. The molecule has 2 aliphatic rings. The number of aromatic nitrogens is 3. The molecular formula is C30H32F2N6O3. The lowest BCUT2D eigenvalue weighted by molar-refractivity contribution is 0.157. The minimum absolute atomic E-state index is 0.0955. The van der Waals surface area contributed by atoms with Gasteiger partial charge in [0, 0.05) is 56.2 Å². The fourth-order valence-electron chi connectivity index (χ4n) is 5.86. The van der Waals surface area contributed by atoms with E-state index in [1.807, 2.05) is 29.7 Å². The van der Waals surface area contributed by atoms with Crippen molar-refractivity contribution < 1.29 is 18.3 Å². The maximum atomic E-state index is 14.6. The smallest absolute Gasteiger partial charge is 0.213 e. The first kappa shape index (κ1) is 26.9. The predicted molar refractivity (Wildman–Crippen MR) is 152 cm³/mol. The lowest BCUT2D eigenvalue weighted by Gasteiger charge is -2.40. The first-order chi connectivity index (χ1) is 19.8. The van der Waals surface area contributed by atoms with Gasteiger partial charge in [-0.1, -0.05) is 0 Å². The minimum atomic E-state index is -1.09. The molecule has 2 N–H and O–H groups in total. The Morgan fingerprint density at radius 3 is 2.83 bits per heavy atom. The summed E-state index contributed by atoms with van der Waals surface area (Å²) in [4.78, 5) is 26.8. The van der Waals surface area contributed by atoms with E-state index >= 15 is 0 Å². The average molecular weight is 563 g/mol. The van der Waals surface area contributed by atoms with Crippen LogP contribution >= 0.6 is 0 Å². The Morgan fingerprint density at radius 2 is 2.05 bits per heavy atom. The van der Waals surface area contributed by atoms with Crippen LogP contribution in [0.25, 0.3) is 10.9 Å². The number of benzene rings is 1. The Labute approximate surface area is 236 Å². The van der Waals surface area contributed by atoms with E-state index in [2.05, 4.69) is 19.8 Å². The van der Waals surface area contributed by atoms with E-state index in [0.717, 1.165) is 43.2 Å². The van der Waals surface area contributed by atoms with Gasteiger partial charge in [0.15, 0.2) is 17.0 Å². The summed E-state index contributed by atoms with van der Waals surface area (Å²) in [6.07, 6.45) is 7.15. The molecular weight excluding hydrogens is 530 g/mol. The summed E-state index contributed by atoms with van der Waals surface area (Å²) in [5, 5.41) is 0.117. The first-order valence-electron chi connectivity index (χ1n) is 13.7. The Balaban J connectivity index is 1.39. The predicted octanol–water partition coefficient (Wildman–Crippen LogP) is 4.29. The van der Waals surface area contributed by atoms with Crippen molar-refractivity contribution in [2.75, 3.05) is 37.4 Å². The molecule has 2 unspecified atom stereocenters. The summed E-state index contributed by atoms with van der Waals surface area (Å²) in [5.41, 5.74) is 8.26. The molecule has 5 heterocycles. The van der Waals surface area contributed by atoms with Gasteiger partial charge in [-0.25, -0.2) is 14.4 Å². The van der Waals surface area contributed by atoms with Crippen molar-refractivity contribution in [1.82, 2.24) is 19.4 Å². The molecule has 0 amide bonds. The Hall–Kier alpha value is -4.25. The van der Waals surface area contributed by atoms with E-state index in [9.17, 15) is 13.6 Å². The number of rotatable bonds is 7. The third-order valence-corrected chi connectivity index (χ3v) is 8.00. The number of ether oxygens (including phenoxy) is 2. The van der Waals surface area contributed by atoms with Crippen LogP contribution in [0.5, 0.6) is 11.6 Å². The maximum Gasteiger partial charge on any atom is 0.213 e. The van der Waals surface area contributed by atoms with E-state index in [-0.39, 0.29) is 35.3 Å². The largest absolute Gasteiger partial charge is 0.486 e. The Morgan fingerprint density at radius 1 is 1.20 bits per heavy atom. The topological polar surface area (TPSA) is 98.7 Å². The summed E-state index contributed by atoms with van der Waals surface area (Å²) in [5.74, 6) is -1.39. The highest BCUT2D eigenvalue weighted by molar-refractivity contribution is 5.86. The zero-order chi connectivity index (χ0) is 28.7. The lowest BCUT2D eigenvalue weighted by Crippen LogP contribution is -2.48. The highest BCUT2D eigenvalue weighted by Crippen LogP contribution is 2.35. The highest BCUT2D eigenvalue weighted by atomic mass is 19.2. The normalized spacial score (nSPS) is 18.5. The number of nitrogen functional groups attached to an aromatic ring is 1. The number of hydrogen-bond acceptors (Lipinski definition) is 8. The second kappa shape index (κ2) is 11.0. The standard InChI is InChI=1S/C30H32F2N6O3/c1-18-17-41-30-27(32)24(31)11-23-28(30)38(18)15-20(29(23)39)14-37(13-19-7-8-34-26(10-19)40-2)22-4-3-9-36(16-22)21-5-6-25(33)35-12-21/h5-8,10-12,15,18,22H,3-4,9,13-14,16-17H2,1-2H3,(H2,33,35). The summed E-state index contributed by atoms with van der Waals surface area (Å²) in [6, 6.07) is 8.51. The van der Waals surface area contributed by atoms with E-state index in [1.165, 1.54) is 0 Å². The number of nitrogens with two attached hydrogens (primary N) is 1. The molecule has 4 aromatic rings. The molecule has 0 aliphatic carbocycles. The van der Waals surface area contributed by atoms with Gasteiger partial charge in [-0.05, 0) is 49.6 Å². The van der Waals surface area contributed by atoms with E-state index in [1.54, 1.807) is 31.8 Å². The van der Waals surface area contributed by atoms with Gasteiger partial charge < -0.3 is 24.7 Å². The van der Waals surface area contributed by atoms with Crippen LogP contribution in [0.2, 0.25) is 0 Å². The molecule has 1 saturated heterocycles. The average Bonchev–Trinajstić information content (AvgIpc) is 2.99. The third kappa shape index (κ3) is 5.17. The van der Waals surface area contributed by atoms with Crippen LogP contribution in [-0.2, 0) is 13.1 Å². The molecule has 11 heteroatoms. The van der Waals surface area contributed by atoms with Crippen LogP contribution in [0.1, 0.15) is 36.9 Å². The molecule has 6 rings (SSSR count). The SMILES string of the molecule is COc1cc(CN(Cc2cn3c4c(c(F)c(F)cc4c2=O)OCC3C)C2CCCN(c3ccc(N)nc3)C2)ccn1. The second-order valence-electron chi connectivity index (χ2n) is 10.7. The van der Waals surface area contributed by atoms with Crippen LogP contribution in [0.4, 0.5) is 20.3 Å². The molecule has 1 aromatic carbocycles. The van der Waals surface area contributed by atoms with E-state index < -0.39 is 11.6 Å². The monoisotopic (exact) mass is 562 g/mol. The fraction of sp³-hybridized carbons (Fsp3) is 0.367. The second-order valence-corrected chi connectivity index (χ2v) is 10.7. The van der Waals surface area contributed by atoms with E-state index in [0.29, 0.717) is 35.9 Å². The van der Waals surface area contributed by atoms with Gasteiger partial charge in [0.05, 0.1) is 35.9 Å². The number of anilines is 2. The van der Waals surface area contributed by atoms with Crippen LogP contribution in [0.15, 0.2) is 53.7 Å². The highest BCUT2D eigenvalue weighted by Gasteiger charge is 2.30. The van der Waals surface area contributed by atoms with Crippen molar-refractivity contribution in [3.63, 3.8) is 0 Å². The van der Waals surface area contributed by atoms with Gasteiger partial charge in [-0.3, -0.25) is 9.69 Å². The van der Waals surface area contributed by atoms with Gasteiger partial charge in [0.2, 0.25) is 11.7 Å². The molecule has 41 heavy (non-hydrogen) atoms. The molecule has 1 fully saturated rings. The lowest BCUT2D eigenvalue weighted by atomic mass is 10.0. The van der Waals surface area contributed by atoms with Gasteiger partial charge in [-0.2, -0.15) is 4.39 Å². The Bertz CT molecular complexity index is 1640. The van der Waals surface area contributed by atoms with Crippen molar-refractivity contribution in [3.8, 4) is 11.6 Å². The van der Waals surface area contributed by atoms with Crippen molar-refractivity contribution in [1.29, 1.82) is 0 Å². The van der Waals surface area contributed by atoms with Crippen molar-refractivity contribution in [2.45, 2.75) is 44.9 Å². The maximum absolute atomic E-state index is 14.6. The van der Waals surface area contributed by atoms with Crippen LogP contribution in [0, 0.1) is 11.6 Å². The molecule has 214 valence electrons. The molecule has 0 spiro atoms. The van der Waals surface area contributed by atoms with Crippen LogP contribution < -0.4 is 25.5 Å². The number of hydrogen-bond donors (Lipinski definition) is 1. The third-order valence-electron chi connectivity index (χ3n) is 8.00. The molecule has 3 aromatic heterocycles. The van der Waals surface area contributed by atoms with Gasteiger partial charge >= 0.3 is 0 Å². The number of nitrogens with zero attached hydrogens (tertiary/aromatic N) is 5. The molecule has 2 aliphatic heterocycles. The molecule has 0 bridgehead atoms. The summed E-state index contributed by atoms with van der Waals surface area (Å²) in [7, 11) is 1.58. The number of pyridine rings is 3.